The van der Waals surface area contributed by atoms with Crippen LogP contribution in [0.2, 0.25) is 0 Å². The maximum atomic E-state index is 12.6. The Bertz CT molecular complexity index is 1060. The highest BCUT2D eigenvalue weighted by atomic mass is 32.2. The number of thiophene rings is 1. The quantitative estimate of drug-likeness (QED) is 0.604. The van der Waals surface area contributed by atoms with Gasteiger partial charge < -0.3 is 14.3 Å². The lowest BCUT2D eigenvalue weighted by Crippen LogP contribution is -2.32. The van der Waals surface area contributed by atoms with Crippen LogP contribution < -0.4 is 5.56 Å². The third-order valence-corrected chi connectivity index (χ3v) is 6.36. The van der Waals surface area contributed by atoms with Crippen molar-refractivity contribution in [1.29, 1.82) is 5.26 Å². The van der Waals surface area contributed by atoms with Crippen molar-refractivity contribution in [3.63, 3.8) is 0 Å². The molecule has 9 heteroatoms. The number of rotatable bonds is 8. The molecule has 0 unspecified atom stereocenters. The lowest BCUT2D eigenvalue weighted by atomic mass is 10.2. The maximum Gasteiger partial charge on any atom is 0.259 e. The summed E-state index contributed by atoms with van der Waals surface area (Å²) < 4.78 is 5.30. The fraction of sp³-hybridized carbons (Fsp3) is 0.368. The molecule has 0 saturated carbocycles. The van der Waals surface area contributed by atoms with Crippen LogP contribution in [0.4, 0.5) is 0 Å². The van der Waals surface area contributed by atoms with Crippen molar-refractivity contribution in [3.05, 3.63) is 50.8 Å². The molecule has 0 atom stereocenters. The van der Waals surface area contributed by atoms with Crippen LogP contribution in [-0.4, -0.2) is 33.1 Å². The first-order valence-electron chi connectivity index (χ1n) is 8.73. The number of aromatic nitrogens is 2. The molecule has 0 saturated heterocycles. The second-order valence-electron chi connectivity index (χ2n) is 6.27. The number of hydrogen-bond donors (Lipinski definition) is 1. The van der Waals surface area contributed by atoms with E-state index >= 15 is 0 Å². The van der Waals surface area contributed by atoms with Gasteiger partial charge >= 0.3 is 0 Å². The smallest absolute Gasteiger partial charge is 0.259 e. The lowest BCUT2D eigenvalue weighted by molar-refractivity contribution is -0.129. The Morgan fingerprint density at radius 1 is 1.46 bits per heavy atom. The molecule has 3 aromatic rings. The first-order chi connectivity index (χ1) is 13.5. The van der Waals surface area contributed by atoms with E-state index in [2.05, 4.69) is 16.0 Å². The average Bonchev–Trinajstić information content (AvgIpc) is 3.27. The Hall–Kier alpha value is -2.57. The van der Waals surface area contributed by atoms with E-state index in [1.807, 2.05) is 13.8 Å². The van der Waals surface area contributed by atoms with Crippen LogP contribution in [0.15, 0.2) is 27.6 Å². The number of amides is 1. The van der Waals surface area contributed by atoms with Gasteiger partial charge in [-0.15, -0.1) is 23.1 Å². The van der Waals surface area contributed by atoms with Crippen molar-refractivity contribution in [2.75, 3.05) is 12.3 Å². The lowest BCUT2D eigenvalue weighted by Gasteiger charge is -2.20. The fourth-order valence-corrected chi connectivity index (χ4v) is 4.60. The Balaban J connectivity index is 1.62. The van der Waals surface area contributed by atoms with Crippen molar-refractivity contribution in [2.45, 2.75) is 32.6 Å². The second-order valence-corrected chi connectivity index (χ2v) is 8.46. The van der Waals surface area contributed by atoms with Gasteiger partial charge in [-0.3, -0.25) is 9.59 Å². The van der Waals surface area contributed by atoms with Crippen LogP contribution in [0.5, 0.6) is 0 Å². The molecule has 0 aliphatic heterocycles. The highest BCUT2D eigenvalue weighted by molar-refractivity contribution is 7.99. The zero-order valence-corrected chi connectivity index (χ0v) is 17.3. The topological polar surface area (TPSA) is 103 Å². The predicted octanol–water partition coefficient (Wildman–Crippen LogP) is 3.37. The largest absolute Gasteiger partial charge is 0.467 e. The van der Waals surface area contributed by atoms with Crippen molar-refractivity contribution in [2.24, 2.45) is 0 Å². The van der Waals surface area contributed by atoms with Crippen LogP contribution in [0.3, 0.4) is 0 Å². The van der Waals surface area contributed by atoms with Crippen LogP contribution in [0.1, 0.15) is 28.4 Å². The summed E-state index contributed by atoms with van der Waals surface area (Å²) >= 11 is 2.89. The molecule has 28 heavy (non-hydrogen) atoms. The third kappa shape index (κ3) is 4.64. The summed E-state index contributed by atoms with van der Waals surface area (Å²) in [6.07, 6.45) is 1.82. The number of carbonyl (C=O) groups excluding carboxylic acids is 1. The van der Waals surface area contributed by atoms with Crippen LogP contribution in [0, 0.1) is 25.2 Å². The minimum absolute atomic E-state index is 0.0807. The highest BCUT2D eigenvalue weighted by Gasteiger charge is 2.16. The fourth-order valence-electron chi connectivity index (χ4n) is 2.76. The number of furan rings is 1. The number of hydrogen-bond acceptors (Lipinski definition) is 7. The molecule has 3 rings (SSSR count). The molecular formula is C19H20N4O3S2. The molecule has 146 valence electrons. The summed E-state index contributed by atoms with van der Waals surface area (Å²) in [5.74, 6) is 1.82. The maximum absolute atomic E-state index is 12.6. The monoisotopic (exact) mass is 416 g/mol. The van der Waals surface area contributed by atoms with Crippen molar-refractivity contribution < 1.29 is 9.21 Å². The average molecular weight is 417 g/mol. The molecule has 3 aromatic heterocycles. The van der Waals surface area contributed by atoms with E-state index in [0.29, 0.717) is 35.8 Å². The van der Waals surface area contributed by atoms with E-state index in [4.69, 9.17) is 9.68 Å². The van der Waals surface area contributed by atoms with Crippen LogP contribution in [-0.2, 0) is 17.1 Å². The Morgan fingerprint density at radius 2 is 2.29 bits per heavy atom. The van der Waals surface area contributed by atoms with Gasteiger partial charge in [-0.2, -0.15) is 5.26 Å². The van der Waals surface area contributed by atoms with Gasteiger partial charge in [0.1, 0.15) is 16.4 Å². The summed E-state index contributed by atoms with van der Waals surface area (Å²) in [5, 5.41) is 9.47. The third-order valence-electron chi connectivity index (χ3n) is 4.33. The van der Waals surface area contributed by atoms with E-state index in [1.54, 1.807) is 23.3 Å². The van der Waals surface area contributed by atoms with Crippen molar-refractivity contribution in [3.8, 4) is 6.07 Å². The van der Waals surface area contributed by atoms with Gasteiger partial charge in [0.15, 0.2) is 0 Å². The molecule has 0 aliphatic carbocycles. The van der Waals surface area contributed by atoms with Crippen LogP contribution >= 0.6 is 23.1 Å². The van der Waals surface area contributed by atoms with Gasteiger partial charge in [0.2, 0.25) is 5.91 Å². The molecule has 0 aliphatic rings. The van der Waals surface area contributed by atoms with E-state index < -0.39 is 0 Å². The summed E-state index contributed by atoms with van der Waals surface area (Å²) in [4.78, 5) is 35.6. The summed E-state index contributed by atoms with van der Waals surface area (Å²) in [5.41, 5.74) is 0.830. The molecule has 0 spiro atoms. The molecule has 7 nitrogen and oxygen atoms in total. The van der Waals surface area contributed by atoms with Crippen molar-refractivity contribution in [1.82, 2.24) is 14.9 Å². The van der Waals surface area contributed by atoms with Crippen molar-refractivity contribution >= 4 is 39.2 Å². The molecule has 3 heterocycles. The standard InChI is InChI=1S/C19H20N4O3S2/c1-12-13(2)28-19-17(12)18(25)21-15(22-19)10-27-11-16(24)23(7-4-6-20)9-14-5-3-8-26-14/h3,5,8H,4,7,9-11H2,1-2H3,(H,21,22,25). The molecule has 0 radical (unpaired) electrons. The summed E-state index contributed by atoms with van der Waals surface area (Å²) in [6, 6.07) is 5.63. The Morgan fingerprint density at radius 3 is 3.00 bits per heavy atom. The van der Waals surface area contributed by atoms with Gasteiger partial charge in [-0.05, 0) is 31.5 Å². The number of H-pyrrole nitrogens is 1. The predicted molar refractivity (Wildman–Crippen MR) is 110 cm³/mol. The first-order valence-corrected chi connectivity index (χ1v) is 10.7. The van der Waals surface area contributed by atoms with Gasteiger partial charge in [-0.25, -0.2) is 4.98 Å². The van der Waals surface area contributed by atoms with E-state index in [0.717, 1.165) is 15.3 Å². The number of nitrogens with one attached hydrogen (secondary N) is 1. The van der Waals surface area contributed by atoms with Crippen LogP contribution in [0.25, 0.3) is 10.2 Å². The Kier molecular flexibility index (Phi) is 6.54. The minimum Gasteiger partial charge on any atom is -0.467 e. The number of nitrogens with zero attached hydrogens (tertiary/aromatic N) is 3. The zero-order chi connectivity index (χ0) is 20.1. The molecule has 1 N–H and O–H groups in total. The molecule has 0 aromatic carbocycles. The summed E-state index contributed by atoms with van der Waals surface area (Å²) in [7, 11) is 0. The highest BCUT2D eigenvalue weighted by Crippen LogP contribution is 2.26. The number of aromatic amines is 1. The zero-order valence-electron chi connectivity index (χ0n) is 15.7. The SMILES string of the molecule is Cc1sc2nc(CSCC(=O)N(CCC#N)Cc3ccco3)[nH]c(=O)c2c1C. The van der Waals surface area contributed by atoms with Gasteiger partial charge in [0.25, 0.3) is 5.56 Å². The number of thioether (sulfide) groups is 1. The van der Waals surface area contributed by atoms with E-state index in [1.165, 1.54) is 23.1 Å². The van der Waals surface area contributed by atoms with E-state index in [-0.39, 0.29) is 23.6 Å². The summed E-state index contributed by atoms with van der Waals surface area (Å²) in [6.45, 7) is 4.59. The minimum atomic E-state index is -0.137. The number of fused-ring (bicyclic) bond motifs is 1. The van der Waals surface area contributed by atoms with Gasteiger partial charge in [0.05, 0.1) is 42.2 Å². The number of aryl methyl sites for hydroxylation is 2. The van der Waals surface area contributed by atoms with Gasteiger partial charge in [0, 0.05) is 11.4 Å². The Labute approximate surface area is 170 Å². The molecule has 0 fully saturated rings. The molecule has 1 amide bonds. The van der Waals surface area contributed by atoms with Gasteiger partial charge in [-0.1, -0.05) is 0 Å². The normalized spacial score (nSPS) is 10.9. The number of carbonyl (C=O) groups is 1. The number of nitriles is 1. The van der Waals surface area contributed by atoms with E-state index in [9.17, 15) is 9.59 Å². The molecular weight excluding hydrogens is 396 g/mol. The first kappa shape index (κ1) is 20.2. The second kappa shape index (κ2) is 9.08. The molecule has 0 bridgehead atoms.